The van der Waals surface area contributed by atoms with Gasteiger partial charge in [-0.05, 0) is 33.7 Å². The number of anilines is 1. The highest BCUT2D eigenvalue weighted by atomic mass is 32.2. The summed E-state index contributed by atoms with van der Waals surface area (Å²) in [6, 6.07) is 1.69. The van der Waals surface area contributed by atoms with Crippen LogP contribution in [-0.2, 0) is 24.4 Å². The van der Waals surface area contributed by atoms with Gasteiger partial charge in [0.1, 0.15) is 17.9 Å². The average molecular weight is 361 g/mol. The SMILES string of the molecule is Cn1nnnc1NC(=O)c1ccc(C(F)(F)F)c2c1OCC[S+]2[O-]. The van der Waals surface area contributed by atoms with Crippen LogP contribution in [0, 0.1) is 0 Å². The average Bonchev–Trinajstić information content (AvgIpc) is 2.90. The Bertz CT molecular complexity index is 795. The van der Waals surface area contributed by atoms with Gasteiger partial charge < -0.3 is 9.29 Å². The molecule has 1 aromatic heterocycles. The second-order valence-corrected chi connectivity index (χ2v) is 6.30. The van der Waals surface area contributed by atoms with Crippen LogP contribution in [0.3, 0.4) is 0 Å². The van der Waals surface area contributed by atoms with E-state index in [4.69, 9.17) is 4.74 Å². The van der Waals surface area contributed by atoms with Gasteiger partial charge in [0.05, 0.1) is 5.56 Å². The van der Waals surface area contributed by atoms with E-state index in [9.17, 15) is 22.5 Å². The summed E-state index contributed by atoms with van der Waals surface area (Å²) in [5, 5.41) is 12.8. The zero-order valence-corrected chi connectivity index (χ0v) is 12.9. The first-order chi connectivity index (χ1) is 11.3. The van der Waals surface area contributed by atoms with Crippen molar-refractivity contribution >= 4 is 23.0 Å². The van der Waals surface area contributed by atoms with E-state index in [1.165, 1.54) is 11.7 Å². The highest BCUT2D eigenvalue weighted by Gasteiger charge is 2.42. The predicted molar refractivity (Wildman–Crippen MR) is 75.0 cm³/mol. The summed E-state index contributed by atoms with van der Waals surface area (Å²) in [6.07, 6.45) is -4.71. The molecule has 0 fully saturated rings. The van der Waals surface area contributed by atoms with Crippen molar-refractivity contribution < 1.29 is 27.3 Å². The van der Waals surface area contributed by atoms with Gasteiger partial charge in [-0.2, -0.15) is 13.2 Å². The van der Waals surface area contributed by atoms with Crippen molar-refractivity contribution in [1.82, 2.24) is 20.2 Å². The van der Waals surface area contributed by atoms with Crippen LogP contribution >= 0.6 is 0 Å². The number of fused-ring (bicyclic) bond motifs is 1. The first-order valence-corrected chi connectivity index (χ1v) is 7.90. The number of hydrogen-bond acceptors (Lipinski definition) is 6. The van der Waals surface area contributed by atoms with E-state index in [1.807, 2.05) is 0 Å². The first kappa shape index (κ1) is 16.5. The molecule has 128 valence electrons. The van der Waals surface area contributed by atoms with Crippen molar-refractivity contribution in [1.29, 1.82) is 0 Å². The molecule has 0 saturated carbocycles. The smallest absolute Gasteiger partial charge is 0.421 e. The summed E-state index contributed by atoms with van der Waals surface area (Å²) in [7, 11) is 1.48. The molecule has 0 radical (unpaired) electrons. The van der Waals surface area contributed by atoms with E-state index < -0.39 is 33.7 Å². The van der Waals surface area contributed by atoms with Crippen LogP contribution < -0.4 is 10.1 Å². The molecule has 2 aromatic rings. The minimum absolute atomic E-state index is 0.00517. The lowest BCUT2D eigenvalue weighted by atomic mass is 10.1. The number of alkyl halides is 3. The predicted octanol–water partition coefficient (Wildman–Crippen LogP) is 0.981. The normalized spacial score (nSPS) is 17.1. The molecule has 3 rings (SSSR count). The summed E-state index contributed by atoms with van der Waals surface area (Å²) >= 11 is -1.91. The summed E-state index contributed by atoms with van der Waals surface area (Å²) in [4.78, 5) is 11.8. The van der Waals surface area contributed by atoms with Gasteiger partial charge in [-0.15, -0.1) is 0 Å². The van der Waals surface area contributed by atoms with Gasteiger partial charge in [-0.25, -0.2) is 4.68 Å². The number of hydrogen-bond donors (Lipinski definition) is 1. The number of rotatable bonds is 2. The Balaban J connectivity index is 2.05. The Hall–Kier alpha value is -2.34. The number of amides is 1. The van der Waals surface area contributed by atoms with Crippen LogP contribution in [0.4, 0.5) is 19.1 Å². The lowest BCUT2D eigenvalue weighted by Crippen LogP contribution is -2.27. The minimum atomic E-state index is -4.71. The summed E-state index contributed by atoms with van der Waals surface area (Å²) in [5.41, 5.74) is -1.25. The molecule has 12 heteroatoms. The minimum Gasteiger partial charge on any atom is -0.611 e. The van der Waals surface area contributed by atoms with E-state index in [2.05, 4.69) is 20.8 Å². The fourth-order valence-electron chi connectivity index (χ4n) is 2.16. The number of carbonyl (C=O) groups is 1. The van der Waals surface area contributed by atoms with E-state index in [-0.39, 0.29) is 29.6 Å². The van der Waals surface area contributed by atoms with Crippen molar-refractivity contribution in [2.45, 2.75) is 11.1 Å². The number of halogens is 3. The number of nitrogens with zero attached hydrogens (tertiary/aromatic N) is 4. The summed E-state index contributed by atoms with van der Waals surface area (Å²) in [6.45, 7) is -0.0489. The van der Waals surface area contributed by atoms with Gasteiger partial charge in [0.15, 0.2) is 5.75 Å². The second kappa shape index (κ2) is 5.94. The van der Waals surface area contributed by atoms with E-state index in [0.29, 0.717) is 0 Å². The fourth-order valence-corrected chi connectivity index (χ4v) is 3.40. The van der Waals surface area contributed by atoms with Crippen LogP contribution in [0.2, 0.25) is 0 Å². The maximum Gasteiger partial charge on any atom is 0.421 e. The number of ether oxygens (including phenoxy) is 1. The number of nitrogens with one attached hydrogen (secondary N) is 1. The number of benzene rings is 1. The van der Waals surface area contributed by atoms with Crippen LogP contribution in [0.1, 0.15) is 15.9 Å². The topological polar surface area (TPSA) is 105 Å². The Morgan fingerprint density at radius 2 is 2.21 bits per heavy atom. The van der Waals surface area contributed by atoms with Crippen LogP contribution in [0.5, 0.6) is 5.75 Å². The fraction of sp³-hybridized carbons (Fsp3) is 0.333. The van der Waals surface area contributed by atoms with Gasteiger partial charge in [-0.1, -0.05) is 5.10 Å². The second-order valence-electron chi connectivity index (χ2n) is 4.80. The molecule has 0 spiro atoms. The molecule has 24 heavy (non-hydrogen) atoms. The first-order valence-electron chi connectivity index (χ1n) is 6.58. The molecule has 2 heterocycles. The quantitative estimate of drug-likeness (QED) is 0.800. The van der Waals surface area contributed by atoms with Crippen molar-refractivity contribution in [2.75, 3.05) is 17.7 Å². The van der Waals surface area contributed by atoms with Gasteiger partial charge in [0, 0.05) is 7.05 Å². The van der Waals surface area contributed by atoms with Crippen molar-refractivity contribution in [3.8, 4) is 5.75 Å². The van der Waals surface area contributed by atoms with Gasteiger partial charge >= 0.3 is 6.18 Å². The molecule has 1 aromatic carbocycles. The molecule has 1 N–H and O–H groups in total. The third kappa shape index (κ3) is 2.89. The zero-order chi connectivity index (χ0) is 17.5. The third-order valence-corrected chi connectivity index (χ3v) is 4.65. The largest absolute Gasteiger partial charge is 0.611 e. The van der Waals surface area contributed by atoms with Crippen molar-refractivity contribution in [3.63, 3.8) is 0 Å². The lowest BCUT2D eigenvalue weighted by Gasteiger charge is -2.24. The molecule has 8 nitrogen and oxygen atoms in total. The Morgan fingerprint density at radius 3 is 2.83 bits per heavy atom. The third-order valence-electron chi connectivity index (χ3n) is 3.25. The van der Waals surface area contributed by atoms with Crippen LogP contribution in [0.15, 0.2) is 17.0 Å². The highest BCUT2D eigenvalue weighted by molar-refractivity contribution is 7.91. The Morgan fingerprint density at radius 1 is 1.46 bits per heavy atom. The lowest BCUT2D eigenvalue weighted by molar-refractivity contribution is -0.140. The molecular weight excluding hydrogens is 351 g/mol. The molecule has 1 unspecified atom stereocenters. The summed E-state index contributed by atoms with van der Waals surface area (Å²) in [5.74, 6) is -1.17. The van der Waals surface area contributed by atoms with Crippen molar-refractivity contribution in [2.24, 2.45) is 7.05 Å². The Labute approximate surface area is 136 Å². The van der Waals surface area contributed by atoms with E-state index in [1.54, 1.807) is 0 Å². The summed E-state index contributed by atoms with van der Waals surface area (Å²) < 4.78 is 57.8. The zero-order valence-electron chi connectivity index (χ0n) is 12.1. The monoisotopic (exact) mass is 361 g/mol. The highest BCUT2D eigenvalue weighted by Crippen LogP contribution is 2.42. The van der Waals surface area contributed by atoms with Crippen LogP contribution in [0.25, 0.3) is 0 Å². The number of carbonyl (C=O) groups excluding carboxylic acids is 1. The molecule has 1 atom stereocenters. The van der Waals surface area contributed by atoms with Gasteiger partial charge in [0.25, 0.3) is 5.91 Å². The number of tetrazole rings is 1. The Kier molecular flexibility index (Phi) is 4.09. The molecule has 1 amide bonds. The molecule has 0 aliphatic carbocycles. The van der Waals surface area contributed by atoms with E-state index >= 15 is 0 Å². The molecule has 1 aliphatic heterocycles. The number of aromatic nitrogens is 4. The van der Waals surface area contributed by atoms with Crippen LogP contribution in [-0.4, -0.2) is 43.0 Å². The standard InChI is InChI=1S/C12H10F3N5O3S/c1-20-11(17-18-19-20)16-10(21)6-2-3-7(12(13,14)15)9-8(6)23-4-5-24(9)22/h2-3H,4-5H2,1H3,(H,16,17,19,21). The maximum atomic E-state index is 13.1. The molecular formula is C12H10F3N5O3S. The molecule has 0 bridgehead atoms. The van der Waals surface area contributed by atoms with E-state index in [0.717, 1.165) is 12.1 Å². The number of aryl methyl sites for hydroxylation is 1. The van der Waals surface area contributed by atoms with Gasteiger partial charge in [-0.3, -0.25) is 10.1 Å². The van der Waals surface area contributed by atoms with Crippen molar-refractivity contribution in [3.05, 3.63) is 23.3 Å². The maximum absolute atomic E-state index is 13.1. The molecule has 0 saturated heterocycles. The molecule has 1 aliphatic rings. The van der Waals surface area contributed by atoms with Gasteiger partial charge in [0.2, 0.25) is 10.8 Å².